The van der Waals surface area contributed by atoms with E-state index < -0.39 is 0 Å². The number of hydrogen-bond donors (Lipinski definition) is 4. The van der Waals surface area contributed by atoms with Gasteiger partial charge in [0.15, 0.2) is 12.6 Å². The highest BCUT2D eigenvalue weighted by Gasteiger charge is 2.17. The number of esters is 1. The summed E-state index contributed by atoms with van der Waals surface area (Å²) in [6.45, 7) is 5.87. The molecule has 0 bridgehead atoms. The molecule has 0 aromatic heterocycles. The predicted molar refractivity (Wildman–Crippen MR) is 144 cm³/mol. The van der Waals surface area contributed by atoms with Crippen LogP contribution in [0.25, 0.3) is 0 Å². The highest BCUT2D eigenvalue weighted by atomic mass is 16.7. The Morgan fingerprint density at radius 1 is 0.816 bits per heavy atom. The summed E-state index contributed by atoms with van der Waals surface area (Å²) in [4.78, 5) is 11.4. The van der Waals surface area contributed by atoms with Crippen LogP contribution >= 0.6 is 0 Å². The molecule has 4 rings (SSSR count). The fourth-order valence-electron chi connectivity index (χ4n) is 3.58. The van der Waals surface area contributed by atoms with Gasteiger partial charge in [-0.1, -0.05) is 0 Å². The molecule has 2 aromatic carbocycles. The molecule has 2 aromatic rings. The van der Waals surface area contributed by atoms with Gasteiger partial charge in [0.25, 0.3) is 0 Å². The van der Waals surface area contributed by atoms with Crippen molar-refractivity contribution in [2.24, 2.45) is 0 Å². The minimum Gasteiger partial charge on any atom is -0.497 e. The van der Waals surface area contributed by atoms with E-state index in [1.807, 2.05) is 30.3 Å². The van der Waals surface area contributed by atoms with E-state index in [-0.39, 0.29) is 25.1 Å². The van der Waals surface area contributed by atoms with Crippen LogP contribution in [-0.4, -0.2) is 85.4 Å². The Balaban J connectivity index is 0.000000221. The zero-order chi connectivity index (χ0) is 27.2. The lowest BCUT2D eigenvalue weighted by Gasteiger charge is -2.16. The number of nitrogens with two attached hydrogens (primary N) is 1. The van der Waals surface area contributed by atoms with Gasteiger partial charge >= 0.3 is 5.97 Å². The maximum atomic E-state index is 11.4. The van der Waals surface area contributed by atoms with E-state index in [4.69, 9.17) is 38.9 Å². The monoisotopic (exact) mass is 534 g/mol. The Bertz CT molecular complexity index is 997. The second kappa shape index (κ2) is 15.7. The molecule has 12 nitrogen and oxygen atoms in total. The molecule has 0 amide bonds. The quantitative estimate of drug-likeness (QED) is 0.235. The minimum atomic E-state index is -0.299. The van der Waals surface area contributed by atoms with Crippen LogP contribution < -0.4 is 31.2 Å². The van der Waals surface area contributed by atoms with Gasteiger partial charge in [-0.25, -0.2) is 0 Å². The van der Waals surface area contributed by atoms with Crippen molar-refractivity contribution >= 4 is 28.7 Å². The molecule has 12 heteroatoms. The maximum absolute atomic E-state index is 11.4. The van der Waals surface area contributed by atoms with Crippen molar-refractivity contribution in [3.05, 3.63) is 36.4 Å². The highest BCUT2D eigenvalue weighted by Crippen LogP contribution is 2.27. The van der Waals surface area contributed by atoms with Gasteiger partial charge in [0, 0.05) is 12.1 Å². The summed E-state index contributed by atoms with van der Waals surface area (Å²) in [5.74, 6) is 1.19. The number of methoxy groups -OCH3 is 2. The average Bonchev–Trinajstić information content (AvgIpc) is 3.66. The summed E-state index contributed by atoms with van der Waals surface area (Å²) >= 11 is 0. The lowest BCUT2D eigenvalue weighted by molar-refractivity contribution is -0.140. The lowest BCUT2D eigenvalue weighted by atomic mass is 10.2. The third kappa shape index (κ3) is 9.45. The molecule has 0 aliphatic carbocycles. The van der Waals surface area contributed by atoms with Gasteiger partial charge in [-0.15, -0.1) is 0 Å². The number of benzene rings is 2. The van der Waals surface area contributed by atoms with E-state index in [1.165, 1.54) is 0 Å². The van der Waals surface area contributed by atoms with Gasteiger partial charge in [0.05, 0.1) is 83.1 Å². The molecule has 2 aliphatic heterocycles. The third-order valence-electron chi connectivity index (χ3n) is 5.52. The van der Waals surface area contributed by atoms with E-state index in [9.17, 15) is 4.79 Å². The Hall–Kier alpha value is -3.45. The number of carbonyl (C=O) groups is 1. The molecule has 0 spiro atoms. The summed E-state index contributed by atoms with van der Waals surface area (Å²) in [7, 11) is 3.23. The first-order chi connectivity index (χ1) is 18.5. The van der Waals surface area contributed by atoms with Crippen molar-refractivity contribution in [2.45, 2.75) is 19.5 Å². The van der Waals surface area contributed by atoms with E-state index in [0.29, 0.717) is 51.8 Å². The van der Waals surface area contributed by atoms with Crippen LogP contribution in [0.4, 0.5) is 22.7 Å². The van der Waals surface area contributed by atoms with Gasteiger partial charge < -0.3 is 54.8 Å². The van der Waals surface area contributed by atoms with Crippen LogP contribution in [0.5, 0.6) is 11.5 Å². The smallest absolute Gasteiger partial charge is 0.325 e. The Morgan fingerprint density at radius 3 is 1.89 bits per heavy atom. The molecule has 0 saturated carbocycles. The SMILES string of the molecule is CCOC(=O)CNc1ccc(OC)cc1NCC1OCCO1.COc1ccc(N)c(NCC2OCCO2)c1. The molecule has 210 valence electrons. The van der Waals surface area contributed by atoms with Crippen LogP contribution in [0, 0.1) is 0 Å². The van der Waals surface area contributed by atoms with Crippen molar-refractivity contribution < 1.29 is 38.0 Å². The minimum absolute atomic E-state index is 0.102. The number of ether oxygens (including phenoxy) is 7. The molecule has 2 saturated heterocycles. The molecule has 2 aliphatic rings. The van der Waals surface area contributed by atoms with Crippen LogP contribution in [-0.2, 0) is 28.5 Å². The van der Waals surface area contributed by atoms with E-state index in [1.54, 1.807) is 27.2 Å². The third-order valence-corrected chi connectivity index (χ3v) is 5.52. The van der Waals surface area contributed by atoms with Gasteiger partial charge in [-0.2, -0.15) is 0 Å². The van der Waals surface area contributed by atoms with Crippen molar-refractivity contribution in [3.8, 4) is 11.5 Å². The second-order valence-corrected chi connectivity index (χ2v) is 8.13. The fraction of sp³-hybridized carbons (Fsp3) is 0.500. The lowest BCUT2D eigenvalue weighted by Crippen LogP contribution is -2.22. The van der Waals surface area contributed by atoms with Gasteiger partial charge in [-0.3, -0.25) is 4.79 Å². The number of nitrogens with one attached hydrogen (secondary N) is 3. The maximum Gasteiger partial charge on any atom is 0.325 e. The predicted octanol–water partition coefficient (Wildman–Crippen LogP) is 2.52. The van der Waals surface area contributed by atoms with Crippen LogP contribution in [0.2, 0.25) is 0 Å². The van der Waals surface area contributed by atoms with Crippen molar-refractivity contribution in [1.82, 2.24) is 0 Å². The highest BCUT2D eigenvalue weighted by molar-refractivity contribution is 5.78. The van der Waals surface area contributed by atoms with E-state index >= 15 is 0 Å². The number of anilines is 4. The van der Waals surface area contributed by atoms with Crippen molar-refractivity contribution in [2.75, 3.05) is 88.6 Å². The zero-order valence-electron chi connectivity index (χ0n) is 22.1. The summed E-state index contributed by atoms with van der Waals surface area (Å²) in [6.07, 6.45) is -0.449. The average molecular weight is 535 g/mol. The molecule has 0 unspecified atom stereocenters. The first-order valence-corrected chi connectivity index (χ1v) is 12.5. The molecular formula is C26H38N4O8. The first kappa shape index (κ1) is 29.1. The Labute approximate surface area is 223 Å². The van der Waals surface area contributed by atoms with Crippen LogP contribution in [0.3, 0.4) is 0 Å². The van der Waals surface area contributed by atoms with Gasteiger partial charge in [-0.05, 0) is 31.2 Å². The number of hydrogen-bond acceptors (Lipinski definition) is 12. The largest absolute Gasteiger partial charge is 0.497 e. The molecule has 0 radical (unpaired) electrons. The fourth-order valence-corrected chi connectivity index (χ4v) is 3.58. The number of rotatable bonds is 12. The summed E-state index contributed by atoms with van der Waals surface area (Å²) in [5.41, 5.74) is 8.93. The molecule has 38 heavy (non-hydrogen) atoms. The van der Waals surface area contributed by atoms with Gasteiger partial charge in [0.2, 0.25) is 0 Å². The van der Waals surface area contributed by atoms with Crippen molar-refractivity contribution in [1.29, 1.82) is 0 Å². The second-order valence-electron chi connectivity index (χ2n) is 8.13. The molecular weight excluding hydrogens is 496 g/mol. The number of carbonyl (C=O) groups excluding carboxylic acids is 1. The van der Waals surface area contributed by atoms with Crippen molar-refractivity contribution in [3.63, 3.8) is 0 Å². The molecule has 0 atom stereocenters. The van der Waals surface area contributed by atoms with E-state index in [2.05, 4.69) is 16.0 Å². The topological polar surface area (TPSA) is 144 Å². The summed E-state index contributed by atoms with van der Waals surface area (Å²) in [6, 6.07) is 11.0. The summed E-state index contributed by atoms with van der Waals surface area (Å²) in [5, 5.41) is 9.47. The standard InChI is InChI=1S/C15H22N2O5.C11H16N2O3/c1-3-20-14(18)9-16-12-5-4-11(19-2)8-13(12)17-10-15-21-6-7-22-15;1-14-8-2-3-9(12)10(6-8)13-7-11-15-4-5-16-11/h4-5,8,15-17H,3,6-7,9-10H2,1-2H3;2-3,6,11,13H,4-5,7,12H2,1H3. The first-order valence-electron chi connectivity index (χ1n) is 12.5. The molecule has 2 heterocycles. The Morgan fingerprint density at radius 2 is 1.34 bits per heavy atom. The van der Waals surface area contributed by atoms with Crippen LogP contribution in [0.1, 0.15) is 6.92 Å². The Kier molecular flexibility index (Phi) is 12.0. The van der Waals surface area contributed by atoms with Crippen LogP contribution in [0.15, 0.2) is 36.4 Å². The number of nitrogen functional groups attached to an aromatic ring is 1. The zero-order valence-corrected chi connectivity index (χ0v) is 22.1. The van der Waals surface area contributed by atoms with E-state index in [0.717, 1.165) is 28.6 Å². The molecule has 2 fully saturated rings. The van der Waals surface area contributed by atoms with Gasteiger partial charge in [0.1, 0.15) is 18.0 Å². The normalized spacial score (nSPS) is 15.3. The molecule has 5 N–H and O–H groups in total. The summed E-state index contributed by atoms with van der Waals surface area (Å²) < 4.78 is 36.7.